The maximum Gasteiger partial charge on any atom is 0.0776 e. The monoisotopic (exact) mass is 1930 g/mol. The van der Waals surface area contributed by atoms with E-state index >= 15 is 0 Å². The Morgan fingerprint density at radius 2 is 0.384 bits per heavy atom. The minimum Gasteiger partial charge on any atom is -0.309 e. The Hall–Kier alpha value is -12.3. The molecule has 22 aromatic rings. The van der Waals surface area contributed by atoms with Gasteiger partial charge in [0, 0.05) is 125 Å². The molecule has 8 heterocycles. The van der Waals surface area contributed by atoms with Crippen LogP contribution in [0.3, 0.4) is 0 Å². The van der Waals surface area contributed by atoms with E-state index < -0.39 is 64.6 Å². The molecule has 0 saturated heterocycles. The van der Waals surface area contributed by atoms with Gasteiger partial charge in [-0.2, -0.15) is 0 Å². The highest BCUT2D eigenvalue weighted by Gasteiger charge is 2.32. The van der Waals surface area contributed by atoms with Gasteiger partial charge in [0.05, 0.1) is 120 Å². The first-order chi connectivity index (χ1) is 65.3. The summed E-state index contributed by atoms with van der Waals surface area (Å²) in [4.78, 5) is 19.9. The van der Waals surface area contributed by atoms with Gasteiger partial charge >= 0.3 is 0 Å². The van der Waals surface area contributed by atoms with Crippen molar-refractivity contribution in [3.8, 4) is 67.5 Å². The largest absolute Gasteiger partial charge is 0.309 e. The van der Waals surface area contributed by atoms with Crippen molar-refractivity contribution in [3.63, 3.8) is 0 Å². The Labute approximate surface area is 821 Å². The highest BCUT2D eigenvalue weighted by Crippen LogP contribution is 2.50. The number of nitrogens with zero attached hydrogens (tertiary/aromatic N) is 8. The predicted molar refractivity (Wildman–Crippen MR) is 627 cm³/mol. The molecular formula is C122H128N8Si8. The maximum absolute atomic E-state index is 5.22. The zero-order valence-electron chi connectivity index (χ0n) is 85.4. The Morgan fingerprint density at radius 3 is 0.565 bits per heavy atom. The Morgan fingerprint density at radius 1 is 0.181 bits per heavy atom. The molecule has 0 spiro atoms. The van der Waals surface area contributed by atoms with Crippen molar-refractivity contribution in [1.29, 1.82) is 0 Å². The molecule has 0 amide bonds. The van der Waals surface area contributed by atoms with E-state index in [0.717, 1.165) is 89.1 Å². The number of pyridine rings is 4. The third-order valence-corrected chi connectivity index (χ3v) is 45.8. The van der Waals surface area contributed by atoms with Crippen LogP contribution in [0.15, 0.2) is 304 Å². The van der Waals surface area contributed by atoms with Crippen molar-refractivity contribution in [2.45, 2.75) is 171 Å². The molecule has 0 bridgehead atoms. The SMILES string of the molecule is C[Si](C)(C)c1ccc2c(c1)c1cc([Si](C)(C)C)ccc1n2-c1ccc2c(-c3cccnc3)c3cc(-n4c5ccc([Si](C)(C)C)cc5c5cc([Si](C)(C)C)ccc54)ccc3c(-c3cccnc3)c2c1.Cc1ccc(-c2c3ccc(-n4c5ccc([Si](C)(C)C)cc5c5cc([Si](C)(C)C)ccc54)cc3c(-c3ccc(C)cn3)c3ccc(-n4c5ccc([Si](C)(C)C)cc5c5cc([Si](C)(C)C)ccc54)cc23)nc1. The van der Waals surface area contributed by atoms with Gasteiger partial charge in [-0.1, -0.05) is 344 Å². The fourth-order valence-electron chi connectivity index (χ4n) is 21.3. The minimum atomic E-state index is -1.59. The van der Waals surface area contributed by atoms with Crippen molar-refractivity contribution in [2.24, 2.45) is 0 Å². The van der Waals surface area contributed by atoms with E-state index in [1.165, 1.54) is 161 Å². The van der Waals surface area contributed by atoms with Crippen LogP contribution in [0.4, 0.5) is 0 Å². The zero-order valence-corrected chi connectivity index (χ0v) is 93.4. The number of aryl methyl sites for hydroxylation is 2. The summed E-state index contributed by atoms with van der Waals surface area (Å²) in [6.45, 7) is 63.1. The van der Waals surface area contributed by atoms with Crippen molar-refractivity contribution in [2.75, 3.05) is 0 Å². The fourth-order valence-corrected chi connectivity index (χ4v) is 30.6. The van der Waals surface area contributed by atoms with Crippen LogP contribution in [0, 0.1) is 13.8 Å². The molecule has 0 aliphatic carbocycles. The lowest BCUT2D eigenvalue weighted by molar-refractivity contribution is 1.18. The van der Waals surface area contributed by atoms with E-state index in [0.29, 0.717) is 0 Å². The van der Waals surface area contributed by atoms with Crippen molar-refractivity contribution in [1.82, 2.24) is 38.2 Å². The summed E-state index contributed by atoms with van der Waals surface area (Å²) in [7, 11) is -12.7. The molecule has 0 unspecified atom stereocenters. The van der Waals surface area contributed by atoms with Gasteiger partial charge in [-0.25, -0.2) is 0 Å². The molecule has 0 N–H and O–H groups in total. The second-order valence-electron chi connectivity index (χ2n) is 47.5. The van der Waals surface area contributed by atoms with Gasteiger partial charge in [-0.15, -0.1) is 0 Å². The molecule has 16 heteroatoms. The van der Waals surface area contributed by atoms with Gasteiger partial charge in [-0.3, -0.25) is 19.9 Å². The summed E-state index contributed by atoms with van der Waals surface area (Å²) in [6, 6.07) is 104. The molecule has 22 rings (SSSR count). The number of hydrogen-bond acceptors (Lipinski definition) is 4. The van der Waals surface area contributed by atoms with Crippen LogP contribution in [0.5, 0.6) is 0 Å². The van der Waals surface area contributed by atoms with Crippen LogP contribution in [0.2, 0.25) is 157 Å². The third-order valence-electron chi connectivity index (χ3n) is 29.4. The predicted octanol–water partition coefficient (Wildman–Crippen LogP) is 29.6. The molecule has 0 aliphatic rings. The lowest BCUT2D eigenvalue weighted by atomic mass is 9.86. The van der Waals surface area contributed by atoms with E-state index in [2.05, 4.69) is 456 Å². The van der Waals surface area contributed by atoms with Crippen LogP contribution < -0.4 is 41.5 Å². The molecule has 8 nitrogen and oxygen atoms in total. The number of rotatable bonds is 16. The molecule has 0 saturated carbocycles. The highest BCUT2D eigenvalue weighted by molar-refractivity contribution is 6.92. The summed E-state index contributed by atoms with van der Waals surface area (Å²) in [6.07, 6.45) is 11.9. The summed E-state index contributed by atoms with van der Waals surface area (Å²) < 4.78 is 10.1. The van der Waals surface area contributed by atoms with Gasteiger partial charge < -0.3 is 18.3 Å². The number of benzene rings is 14. The minimum absolute atomic E-state index is 0.963. The van der Waals surface area contributed by atoms with Gasteiger partial charge in [0.25, 0.3) is 0 Å². The fraction of sp³-hybridized carbons (Fsp3) is 0.213. The standard InChI is InChI=1S/C62H66N4Si4.C60H62N4Si4/c1-39-15-25-55(63-37-39)61-47-23-17-42(66-59-29-21-45(69(9,10)11)35-51(59)52-36-46(70(12,13)14)22-30-60(52)66)32-54(47)62(56-26-16-40(2)38-64-56)48-24-18-41(31-53(48)61)65-57-27-19-43(67(3,4)5)33-49(57)50-34-44(68(6,7)8)20-28-58(50)65;1-65(2,3)43-19-25-55-49(33-43)50-34-44(66(4,5)6)20-26-56(50)63(55)41-17-23-47-53(31-41)59(39-15-13-29-61-37-39)48-24-18-42(32-54(48)60(47)40-16-14-30-62-38-40)64-57-27-21-45(67(7,8)9)35-51(57)52-36-46(68(10,11)12)22-28-58(52)64/h15-38H,1-14H3;13-38H,1-12H3. The summed E-state index contributed by atoms with van der Waals surface area (Å²) in [5.41, 5.74) is 25.6. The first-order valence-corrected chi connectivity index (χ1v) is 77.4. The lowest BCUT2D eigenvalue weighted by Gasteiger charge is -2.21. The number of aromatic nitrogens is 8. The third kappa shape index (κ3) is 16.1. The maximum atomic E-state index is 5.22. The van der Waals surface area contributed by atoms with Crippen molar-refractivity contribution >= 4 is 236 Å². The van der Waals surface area contributed by atoms with E-state index in [1.54, 1.807) is 0 Å². The number of hydrogen-bond donors (Lipinski definition) is 0. The normalized spacial score (nSPS) is 13.0. The topological polar surface area (TPSA) is 71.3 Å². The van der Waals surface area contributed by atoms with Gasteiger partial charge in [0.2, 0.25) is 0 Å². The molecule has 14 aromatic carbocycles. The highest BCUT2D eigenvalue weighted by atomic mass is 28.3. The first kappa shape index (κ1) is 92.0. The van der Waals surface area contributed by atoms with Crippen molar-refractivity contribution < 1.29 is 0 Å². The molecule has 0 radical (unpaired) electrons. The van der Waals surface area contributed by atoms with Crippen LogP contribution in [0.25, 0.3) is 198 Å². The molecule has 0 atom stereocenters. The lowest BCUT2D eigenvalue weighted by Crippen LogP contribution is -2.37. The smallest absolute Gasteiger partial charge is 0.0776 e. The Kier molecular flexibility index (Phi) is 22.1. The Bertz CT molecular complexity index is 7970. The molecule has 0 aliphatic heterocycles. The first-order valence-electron chi connectivity index (χ1n) is 49.4. The summed E-state index contributed by atoms with van der Waals surface area (Å²) in [5, 5.41) is 32.0. The van der Waals surface area contributed by atoms with Crippen molar-refractivity contribution in [3.05, 3.63) is 315 Å². The molecule has 8 aromatic heterocycles. The summed E-state index contributed by atoms with van der Waals surface area (Å²) in [5.74, 6) is 0. The van der Waals surface area contributed by atoms with E-state index in [1.807, 2.05) is 37.2 Å². The average Bonchev–Trinajstić information content (AvgIpc) is 1.24. The average molecular weight is 1930 g/mol. The molecular weight excluding hydrogens is 1800 g/mol. The Balaban J connectivity index is 0.000000165. The van der Waals surface area contributed by atoms with Crippen LogP contribution in [0.1, 0.15) is 11.1 Å². The quantitative estimate of drug-likeness (QED) is 0.0714. The van der Waals surface area contributed by atoms with Crippen LogP contribution in [-0.2, 0) is 0 Å². The second kappa shape index (κ2) is 33.2. The van der Waals surface area contributed by atoms with E-state index in [-0.39, 0.29) is 0 Å². The summed E-state index contributed by atoms with van der Waals surface area (Å²) >= 11 is 0. The molecule has 138 heavy (non-hydrogen) atoms. The van der Waals surface area contributed by atoms with Crippen LogP contribution in [-0.4, -0.2) is 103 Å². The van der Waals surface area contributed by atoms with E-state index in [9.17, 15) is 0 Å². The zero-order chi connectivity index (χ0) is 97.1. The second-order valence-corrected chi connectivity index (χ2v) is 88.2. The van der Waals surface area contributed by atoms with Gasteiger partial charge in [0.1, 0.15) is 0 Å². The van der Waals surface area contributed by atoms with Gasteiger partial charge in [0.15, 0.2) is 0 Å². The molecule has 688 valence electrons. The van der Waals surface area contributed by atoms with Crippen LogP contribution >= 0.6 is 0 Å². The van der Waals surface area contributed by atoms with E-state index in [4.69, 9.17) is 19.9 Å². The molecule has 0 fully saturated rings. The van der Waals surface area contributed by atoms with Gasteiger partial charge in [-0.05, 0) is 201 Å². The number of fused-ring (bicyclic) bond motifs is 16.